The summed E-state index contributed by atoms with van der Waals surface area (Å²) in [5.74, 6) is 0.146. The Morgan fingerprint density at radius 1 is 1.25 bits per heavy atom. The minimum atomic E-state index is -0.414. The van der Waals surface area contributed by atoms with E-state index in [0.29, 0.717) is 22.2 Å². The fraction of sp³-hybridized carbons (Fsp3) is 0.143. The molecule has 0 aliphatic heterocycles. The van der Waals surface area contributed by atoms with Gasteiger partial charge in [-0.1, -0.05) is 18.2 Å². The first-order valence-electron chi connectivity index (χ1n) is 5.88. The molecule has 104 valence electrons. The maximum atomic E-state index is 12.9. The molecule has 0 heterocycles. The second-order valence-corrected chi connectivity index (χ2v) is 4.91. The van der Waals surface area contributed by atoms with Crippen molar-refractivity contribution in [3.05, 3.63) is 68.4 Å². The van der Waals surface area contributed by atoms with Crippen molar-refractivity contribution in [1.29, 1.82) is 0 Å². The third kappa shape index (κ3) is 3.54. The van der Waals surface area contributed by atoms with Crippen molar-refractivity contribution in [3.63, 3.8) is 0 Å². The fourth-order valence-electron chi connectivity index (χ4n) is 1.76. The van der Waals surface area contributed by atoms with Crippen molar-refractivity contribution >= 4 is 21.6 Å². The fourth-order valence-corrected chi connectivity index (χ4v) is 2.23. The van der Waals surface area contributed by atoms with Crippen LogP contribution in [0.4, 0.5) is 10.1 Å². The molecule has 2 rings (SSSR count). The highest BCUT2D eigenvalue weighted by molar-refractivity contribution is 9.10. The number of para-hydroxylation sites is 1. The number of nitro groups is 1. The van der Waals surface area contributed by atoms with Gasteiger partial charge in [-0.25, -0.2) is 4.39 Å². The van der Waals surface area contributed by atoms with Gasteiger partial charge in [-0.05, 0) is 34.1 Å². The third-order valence-electron chi connectivity index (χ3n) is 2.71. The van der Waals surface area contributed by atoms with Crippen LogP contribution < -0.4 is 4.74 Å². The van der Waals surface area contributed by atoms with E-state index in [1.54, 1.807) is 18.2 Å². The second kappa shape index (κ2) is 6.47. The molecule has 0 fully saturated rings. The monoisotopic (exact) mass is 339 g/mol. The lowest BCUT2D eigenvalue weighted by molar-refractivity contribution is -0.385. The number of hydrogen-bond donors (Lipinski definition) is 0. The van der Waals surface area contributed by atoms with Gasteiger partial charge in [0.05, 0.1) is 16.0 Å². The van der Waals surface area contributed by atoms with Crippen LogP contribution in [0.15, 0.2) is 46.9 Å². The lowest BCUT2D eigenvalue weighted by Crippen LogP contribution is -2.04. The van der Waals surface area contributed by atoms with E-state index in [0.717, 1.165) is 0 Å². The molecule has 2 aromatic carbocycles. The molecule has 0 saturated heterocycles. The molecule has 0 N–H and O–H groups in total. The molecule has 0 aliphatic carbocycles. The van der Waals surface area contributed by atoms with E-state index in [1.165, 1.54) is 24.3 Å². The minimum absolute atomic E-state index is 0.0780. The maximum Gasteiger partial charge on any atom is 0.272 e. The molecule has 0 aliphatic rings. The molecule has 0 spiro atoms. The van der Waals surface area contributed by atoms with E-state index in [1.807, 2.05) is 0 Å². The van der Waals surface area contributed by atoms with Gasteiger partial charge in [0, 0.05) is 18.1 Å². The van der Waals surface area contributed by atoms with Crippen LogP contribution in [0.2, 0.25) is 0 Å². The molecular formula is C14H11BrFNO3. The molecule has 0 unspecified atom stereocenters. The van der Waals surface area contributed by atoms with Gasteiger partial charge in [0.15, 0.2) is 0 Å². The summed E-state index contributed by atoms with van der Waals surface area (Å²) < 4.78 is 18.9. The molecule has 0 bridgehead atoms. The van der Waals surface area contributed by atoms with Crippen molar-refractivity contribution in [2.45, 2.75) is 6.42 Å². The molecule has 6 heteroatoms. The van der Waals surface area contributed by atoms with Crippen LogP contribution in [0.5, 0.6) is 5.75 Å². The number of rotatable bonds is 5. The Labute approximate surface area is 123 Å². The summed E-state index contributed by atoms with van der Waals surface area (Å²) in [6, 6.07) is 10.6. The van der Waals surface area contributed by atoms with E-state index >= 15 is 0 Å². The van der Waals surface area contributed by atoms with Crippen LogP contribution in [0, 0.1) is 15.9 Å². The third-order valence-corrected chi connectivity index (χ3v) is 3.33. The van der Waals surface area contributed by atoms with Crippen LogP contribution in [-0.2, 0) is 6.42 Å². The highest BCUT2D eigenvalue weighted by atomic mass is 79.9. The van der Waals surface area contributed by atoms with Gasteiger partial charge < -0.3 is 4.74 Å². The van der Waals surface area contributed by atoms with E-state index in [-0.39, 0.29) is 18.1 Å². The van der Waals surface area contributed by atoms with Crippen molar-refractivity contribution in [2.24, 2.45) is 0 Å². The van der Waals surface area contributed by atoms with Crippen LogP contribution in [0.1, 0.15) is 5.56 Å². The van der Waals surface area contributed by atoms with Gasteiger partial charge in [0.1, 0.15) is 11.6 Å². The number of halogens is 2. The summed E-state index contributed by atoms with van der Waals surface area (Å²) >= 11 is 3.20. The quantitative estimate of drug-likeness (QED) is 0.608. The molecule has 20 heavy (non-hydrogen) atoms. The second-order valence-electron chi connectivity index (χ2n) is 4.06. The zero-order valence-electron chi connectivity index (χ0n) is 10.4. The summed E-state index contributed by atoms with van der Waals surface area (Å²) in [5, 5.41) is 10.9. The van der Waals surface area contributed by atoms with Crippen LogP contribution in [-0.4, -0.2) is 11.5 Å². The standard InChI is InChI=1S/C14H11BrFNO3/c15-12-9-11(16)5-6-14(12)20-8-7-10-3-1-2-4-13(10)17(18)19/h1-6,9H,7-8H2. The van der Waals surface area contributed by atoms with Gasteiger partial charge in [-0.2, -0.15) is 0 Å². The predicted molar refractivity (Wildman–Crippen MR) is 76.4 cm³/mol. The van der Waals surface area contributed by atoms with Gasteiger partial charge in [-0.3, -0.25) is 10.1 Å². The molecule has 0 radical (unpaired) electrons. The van der Waals surface area contributed by atoms with E-state index < -0.39 is 4.92 Å². The lowest BCUT2D eigenvalue weighted by atomic mass is 10.1. The highest BCUT2D eigenvalue weighted by Gasteiger charge is 2.12. The molecule has 0 atom stereocenters. The first-order chi connectivity index (χ1) is 9.58. The molecule has 0 saturated carbocycles. The van der Waals surface area contributed by atoms with Gasteiger partial charge in [-0.15, -0.1) is 0 Å². The van der Waals surface area contributed by atoms with Crippen molar-refractivity contribution in [3.8, 4) is 5.75 Å². The normalized spacial score (nSPS) is 10.3. The summed E-state index contributed by atoms with van der Waals surface area (Å²) in [6.07, 6.45) is 0.404. The number of hydrogen-bond acceptors (Lipinski definition) is 3. The van der Waals surface area contributed by atoms with Crippen LogP contribution in [0.25, 0.3) is 0 Å². The Kier molecular flexibility index (Phi) is 4.68. The van der Waals surface area contributed by atoms with Crippen molar-refractivity contribution < 1.29 is 14.1 Å². The molecule has 0 amide bonds. The largest absolute Gasteiger partial charge is 0.492 e. The average Bonchev–Trinajstić information content (AvgIpc) is 2.41. The molecule has 0 aromatic heterocycles. The predicted octanol–water partition coefficient (Wildman–Crippen LogP) is 4.12. The number of benzene rings is 2. The first kappa shape index (κ1) is 14.5. The topological polar surface area (TPSA) is 52.4 Å². The SMILES string of the molecule is O=[N+]([O-])c1ccccc1CCOc1ccc(F)cc1Br. The smallest absolute Gasteiger partial charge is 0.272 e. The average molecular weight is 340 g/mol. The van der Waals surface area contributed by atoms with E-state index in [2.05, 4.69) is 15.9 Å². The molecule has 2 aromatic rings. The van der Waals surface area contributed by atoms with E-state index in [4.69, 9.17) is 4.74 Å². The zero-order chi connectivity index (χ0) is 14.5. The van der Waals surface area contributed by atoms with E-state index in [9.17, 15) is 14.5 Å². The summed E-state index contributed by atoms with van der Waals surface area (Å²) in [7, 11) is 0. The van der Waals surface area contributed by atoms with Crippen LogP contribution in [0.3, 0.4) is 0 Å². The minimum Gasteiger partial charge on any atom is -0.492 e. The Morgan fingerprint density at radius 2 is 2.00 bits per heavy atom. The van der Waals surface area contributed by atoms with Crippen molar-refractivity contribution in [2.75, 3.05) is 6.61 Å². The summed E-state index contributed by atoms with van der Waals surface area (Å²) in [4.78, 5) is 10.4. The Morgan fingerprint density at radius 3 is 2.70 bits per heavy atom. The lowest BCUT2D eigenvalue weighted by Gasteiger charge is -2.08. The number of ether oxygens (including phenoxy) is 1. The highest BCUT2D eigenvalue weighted by Crippen LogP contribution is 2.26. The first-order valence-corrected chi connectivity index (χ1v) is 6.67. The van der Waals surface area contributed by atoms with Crippen LogP contribution >= 0.6 is 15.9 Å². The van der Waals surface area contributed by atoms with Gasteiger partial charge in [0.2, 0.25) is 0 Å². The Balaban J connectivity index is 2.01. The maximum absolute atomic E-state index is 12.9. The van der Waals surface area contributed by atoms with Crippen molar-refractivity contribution in [1.82, 2.24) is 0 Å². The summed E-state index contributed by atoms with van der Waals surface area (Å²) in [5.41, 5.74) is 0.685. The molecule has 4 nitrogen and oxygen atoms in total. The van der Waals surface area contributed by atoms with Gasteiger partial charge >= 0.3 is 0 Å². The number of nitro benzene ring substituents is 1. The molecular weight excluding hydrogens is 329 g/mol. The number of nitrogens with zero attached hydrogens (tertiary/aromatic N) is 1. The summed E-state index contributed by atoms with van der Waals surface area (Å²) in [6.45, 7) is 0.273. The van der Waals surface area contributed by atoms with Gasteiger partial charge in [0.25, 0.3) is 5.69 Å². The Bertz CT molecular complexity index is 634. The zero-order valence-corrected chi connectivity index (χ0v) is 12.0. The Hall–Kier alpha value is -1.95.